The van der Waals surface area contributed by atoms with Gasteiger partial charge in [0.1, 0.15) is 17.4 Å². The van der Waals surface area contributed by atoms with Gasteiger partial charge in [0.25, 0.3) is 0 Å². The molecule has 4 aliphatic rings. The van der Waals surface area contributed by atoms with Crippen LogP contribution in [0.3, 0.4) is 0 Å². The van der Waals surface area contributed by atoms with Gasteiger partial charge >= 0.3 is 0 Å². The van der Waals surface area contributed by atoms with Gasteiger partial charge < -0.3 is 26.1 Å². The van der Waals surface area contributed by atoms with Crippen molar-refractivity contribution in [2.75, 3.05) is 34.3 Å². The van der Waals surface area contributed by atoms with E-state index in [9.17, 15) is 29.4 Å². The smallest absolute Gasteiger partial charge is 0.233 e. The minimum absolute atomic E-state index is 0.0117. The number of Topliss-reactive ketones (excluding diaryl/α,β-unsaturated/α-hetero) is 3. The van der Waals surface area contributed by atoms with Crippen molar-refractivity contribution in [1.29, 1.82) is 5.41 Å². The molecule has 1 aromatic rings. The second-order valence-electron chi connectivity index (χ2n) is 11.5. The molecule has 0 spiro atoms. The number of methoxy groups -OCH3 is 1. The fraction of sp³-hybridized carbons (Fsp3) is 0.607. The molecule has 11 heteroatoms. The van der Waals surface area contributed by atoms with E-state index in [-0.39, 0.29) is 30.2 Å². The van der Waals surface area contributed by atoms with Crippen LogP contribution in [0.2, 0.25) is 0 Å². The van der Waals surface area contributed by atoms with E-state index in [0.29, 0.717) is 11.3 Å². The number of ether oxygens (including phenoxy) is 1. The number of aliphatic hydroxyl groups is 1. The quantitative estimate of drug-likeness (QED) is 0.387. The van der Waals surface area contributed by atoms with E-state index in [1.165, 1.54) is 12.0 Å². The number of carbonyl (C=O) groups excluding carboxylic acids is 4. The standard InChI is InChI=1S/C28H36N4O7/c1-5-32-8-6-7-16(32)13-11-17(33)19-14(24(13)39-4)9-12-10-15-21(31(2)3)23(35)20(27(30)37)25(29)28(15,38)26(36)18(12)22(19)34/h11-12,15-16,18,20-21,29,33,38H,5-10H2,1-4H3,(H2,30,37). The molecule has 7 unspecified atom stereocenters. The summed E-state index contributed by atoms with van der Waals surface area (Å²) in [5.74, 6) is -7.82. The van der Waals surface area contributed by atoms with E-state index in [1.54, 1.807) is 20.2 Å². The number of amides is 1. The number of rotatable bonds is 5. The second-order valence-corrected chi connectivity index (χ2v) is 11.5. The molecule has 1 amide bonds. The number of hydrogen-bond donors (Lipinski definition) is 4. The topological polar surface area (TPSA) is 174 Å². The Balaban J connectivity index is 1.64. The predicted octanol–water partition coefficient (Wildman–Crippen LogP) is 0.483. The third kappa shape index (κ3) is 3.70. The summed E-state index contributed by atoms with van der Waals surface area (Å²) >= 11 is 0. The number of likely N-dealkylation sites (N-methyl/N-ethyl adjacent to an activating group) is 1. The van der Waals surface area contributed by atoms with Gasteiger partial charge in [-0.15, -0.1) is 0 Å². The number of aromatic hydroxyl groups is 1. The fourth-order valence-corrected chi connectivity index (χ4v) is 7.78. The Kier molecular flexibility index (Phi) is 6.68. The van der Waals surface area contributed by atoms with Crippen molar-refractivity contribution in [2.24, 2.45) is 29.4 Å². The highest BCUT2D eigenvalue weighted by Crippen LogP contribution is 2.53. The van der Waals surface area contributed by atoms with Gasteiger partial charge in [0.2, 0.25) is 5.91 Å². The molecular weight excluding hydrogens is 504 g/mol. The Morgan fingerprint density at radius 2 is 2.00 bits per heavy atom. The Morgan fingerprint density at radius 3 is 2.59 bits per heavy atom. The summed E-state index contributed by atoms with van der Waals surface area (Å²) in [4.78, 5) is 57.2. The van der Waals surface area contributed by atoms with E-state index in [2.05, 4.69) is 11.8 Å². The minimum Gasteiger partial charge on any atom is -0.507 e. The van der Waals surface area contributed by atoms with E-state index >= 15 is 0 Å². The van der Waals surface area contributed by atoms with Gasteiger partial charge in [-0.05, 0) is 64.9 Å². The van der Waals surface area contributed by atoms with E-state index in [0.717, 1.165) is 31.5 Å². The van der Waals surface area contributed by atoms with E-state index in [4.69, 9.17) is 15.9 Å². The molecule has 11 nitrogen and oxygen atoms in total. The van der Waals surface area contributed by atoms with Crippen LogP contribution in [0.25, 0.3) is 0 Å². The van der Waals surface area contributed by atoms with Gasteiger partial charge in [0, 0.05) is 23.1 Å². The summed E-state index contributed by atoms with van der Waals surface area (Å²) in [5.41, 5.74) is 3.46. The number of fused-ring (bicyclic) bond motifs is 3. The van der Waals surface area contributed by atoms with Crippen LogP contribution in [-0.2, 0) is 20.8 Å². The zero-order valence-corrected chi connectivity index (χ0v) is 22.7. The van der Waals surface area contributed by atoms with Crippen LogP contribution in [0.5, 0.6) is 11.5 Å². The van der Waals surface area contributed by atoms with Crippen molar-refractivity contribution in [3.05, 3.63) is 22.8 Å². The van der Waals surface area contributed by atoms with E-state index in [1.807, 2.05) is 0 Å². The zero-order chi connectivity index (χ0) is 28.5. The zero-order valence-electron chi connectivity index (χ0n) is 22.7. The van der Waals surface area contributed by atoms with Crippen molar-refractivity contribution >= 4 is 29.0 Å². The molecule has 0 aromatic heterocycles. The number of nitrogens with zero attached hydrogens (tertiary/aromatic N) is 2. The number of phenols is 1. The third-order valence-electron chi connectivity index (χ3n) is 9.43. The lowest BCUT2D eigenvalue weighted by molar-refractivity contribution is -0.157. The molecule has 7 atom stereocenters. The Hall–Kier alpha value is -3.15. The number of primary amides is 1. The molecule has 39 heavy (non-hydrogen) atoms. The molecule has 0 bridgehead atoms. The third-order valence-corrected chi connectivity index (χ3v) is 9.43. The average molecular weight is 541 g/mol. The summed E-state index contributed by atoms with van der Waals surface area (Å²) in [7, 11) is 4.72. The summed E-state index contributed by atoms with van der Waals surface area (Å²) in [6.07, 6.45) is 2.18. The van der Waals surface area contributed by atoms with Crippen LogP contribution in [-0.4, -0.2) is 94.9 Å². The lowest BCUT2D eigenvalue weighted by atomic mass is 9.52. The predicted molar refractivity (Wildman–Crippen MR) is 140 cm³/mol. The minimum atomic E-state index is -2.51. The summed E-state index contributed by atoms with van der Waals surface area (Å²) < 4.78 is 5.85. The number of ketones is 3. The summed E-state index contributed by atoms with van der Waals surface area (Å²) in [6.45, 7) is 3.81. The van der Waals surface area contributed by atoms with Gasteiger partial charge in [-0.1, -0.05) is 6.92 Å². The fourth-order valence-electron chi connectivity index (χ4n) is 7.78. The lowest BCUT2D eigenvalue weighted by Gasteiger charge is -2.53. The van der Waals surface area contributed by atoms with Crippen molar-refractivity contribution in [3.8, 4) is 11.5 Å². The monoisotopic (exact) mass is 540 g/mol. The van der Waals surface area contributed by atoms with Crippen LogP contribution in [0.4, 0.5) is 0 Å². The molecule has 5 N–H and O–H groups in total. The maximum absolute atomic E-state index is 14.0. The highest BCUT2D eigenvalue weighted by atomic mass is 16.5. The molecule has 0 radical (unpaired) electrons. The maximum Gasteiger partial charge on any atom is 0.233 e. The first-order valence-electron chi connectivity index (χ1n) is 13.5. The van der Waals surface area contributed by atoms with Crippen LogP contribution < -0.4 is 10.5 Å². The SMILES string of the molecule is CCN1CCCC1c1cc(O)c2c(c1OC)CC1CC3C(N(C)C)C(=O)C(C(N)=O)C(=N)C3(O)C(=O)C1C2=O. The number of carbonyl (C=O) groups is 4. The summed E-state index contributed by atoms with van der Waals surface area (Å²) in [6, 6.07) is 0.514. The van der Waals surface area contributed by atoms with Gasteiger partial charge in [0.05, 0.1) is 30.3 Å². The molecule has 2 saturated carbocycles. The molecule has 3 fully saturated rings. The van der Waals surface area contributed by atoms with Gasteiger partial charge in [-0.2, -0.15) is 0 Å². The molecule has 1 aromatic carbocycles. The number of nitrogens with two attached hydrogens (primary N) is 1. The number of benzene rings is 1. The van der Waals surface area contributed by atoms with Crippen LogP contribution in [0, 0.1) is 29.1 Å². The molecule has 1 heterocycles. The molecule has 5 rings (SSSR count). The highest BCUT2D eigenvalue weighted by molar-refractivity contribution is 6.33. The molecule has 210 valence electrons. The number of likely N-dealkylation sites (tertiary alicyclic amines) is 1. The largest absolute Gasteiger partial charge is 0.507 e. The Morgan fingerprint density at radius 1 is 1.31 bits per heavy atom. The average Bonchev–Trinajstić information content (AvgIpc) is 3.34. The molecule has 1 aliphatic heterocycles. The second kappa shape index (κ2) is 9.50. The molecule has 3 aliphatic carbocycles. The Bertz CT molecular complexity index is 1290. The van der Waals surface area contributed by atoms with Crippen LogP contribution in [0.15, 0.2) is 6.07 Å². The first-order valence-corrected chi connectivity index (χ1v) is 13.5. The normalized spacial score (nSPS) is 34.6. The number of nitrogens with one attached hydrogen (secondary N) is 1. The molecular formula is C28H36N4O7. The molecule has 1 saturated heterocycles. The van der Waals surface area contributed by atoms with Gasteiger partial charge in [-0.3, -0.25) is 29.0 Å². The van der Waals surface area contributed by atoms with Gasteiger partial charge in [0.15, 0.2) is 23.0 Å². The first kappa shape index (κ1) is 27.4. The van der Waals surface area contributed by atoms with E-state index < -0.39 is 64.3 Å². The Labute approximate surface area is 226 Å². The van der Waals surface area contributed by atoms with Crippen LogP contribution in [0.1, 0.15) is 53.7 Å². The summed E-state index contributed by atoms with van der Waals surface area (Å²) in [5, 5.41) is 31.5. The first-order chi connectivity index (χ1) is 18.4. The highest BCUT2D eigenvalue weighted by Gasteiger charge is 2.67. The number of hydrogen-bond acceptors (Lipinski definition) is 10. The number of phenolic OH excluding ortho intramolecular Hbond substituents is 1. The maximum atomic E-state index is 14.0. The lowest BCUT2D eigenvalue weighted by Crippen LogP contribution is -2.73. The van der Waals surface area contributed by atoms with Gasteiger partial charge in [-0.25, -0.2) is 0 Å². The van der Waals surface area contributed by atoms with Crippen molar-refractivity contribution in [3.63, 3.8) is 0 Å². The van der Waals surface area contributed by atoms with Crippen molar-refractivity contribution in [2.45, 2.75) is 50.3 Å². The van der Waals surface area contributed by atoms with Crippen LogP contribution >= 0.6 is 0 Å². The van der Waals surface area contributed by atoms with Crippen molar-refractivity contribution in [1.82, 2.24) is 9.80 Å². The van der Waals surface area contributed by atoms with Crippen molar-refractivity contribution < 1.29 is 34.1 Å².